The summed E-state index contributed by atoms with van der Waals surface area (Å²) in [4.78, 5) is 14.6. The molecule has 112 valence electrons. The van der Waals surface area contributed by atoms with Crippen LogP contribution in [0.5, 0.6) is 0 Å². The summed E-state index contributed by atoms with van der Waals surface area (Å²) in [5.41, 5.74) is 6.88. The van der Waals surface area contributed by atoms with E-state index >= 15 is 0 Å². The zero-order valence-electron chi connectivity index (χ0n) is 11.8. The summed E-state index contributed by atoms with van der Waals surface area (Å²) >= 11 is 12.1. The summed E-state index contributed by atoms with van der Waals surface area (Å²) in [5.74, 6) is -0.224. The van der Waals surface area contributed by atoms with Crippen molar-refractivity contribution in [2.45, 2.75) is 6.54 Å². The standard InChI is InChI=1S/C14H16Cl2N4O/c1-19(2)5-6-20-13(11(16)8-18-20)14(21)9-3-4-12(17)10(15)7-9/h3-4,7-8H,5-6,17H2,1-2H3. The van der Waals surface area contributed by atoms with E-state index in [0.717, 1.165) is 6.54 Å². The highest BCUT2D eigenvalue weighted by Gasteiger charge is 2.19. The number of rotatable bonds is 5. The van der Waals surface area contributed by atoms with Gasteiger partial charge in [-0.05, 0) is 32.3 Å². The molecule has 0 radical (unpaired) electrons. The van der Waals surface area contributed by atoms with Crippen LogP contribution in [0.1, 0.15) is 16.1 Å². The van der Waals surface area contributed by atoms with Crippen LogP contribution in [0.2, 0.25) is 10.0 Å². The number of anilines is 1. The Kier molecular flexibility index (Phi) is 4.88. The van der Waals surface area contributed by atoms with Crippen molar-refractivity contribution in [1.82, 2.24) is 14.7 Å². The summed E-state index contributed by atoms with van der Waals surface area (Å²) < 4.78 is 1.61. The van der Waals surface area contributed by atoms with Crippen LogP contribution >= 0.6 is 23.2 Å². The van der Waals surface area contributed by atoms with Gasteiger partial charge in [0, 0.05) is 12.1 Å². The maximum absolute atomic E-state index is 12.6. The number of hydrogen-bond donors (Lipinski definition) is 1. The molecular weight excluding hydrogens is 311 g/mol. The van der Waals surface area contributed by atoms with E-state index in [1.165, 1.54) is 6.20 Å². The Morgan fingerprint density at radius 2 is 2.05 bits per heavy atom. The molecule has 0 amide bonds. The van der Waals surface area contributed by atoms with Crippen LogP contribution < -0.4 is 5.73 Å². The Bertz CT molecular complexity index is 667. The molecule has 0 aliphatic heterocycles. The molecule has 0 saturated heterocycles. The van der Waals surface area contributed by atoms with Crippen LogP contribution in [-0.4, -0.2) is 41.1 Å². The van der Waals surface area contributed by atoms with Crippen molar-refractivity contribution in [2.75, 3.05) is 26.4 Å². The highest BCUT2D eigenvalue weighted by molar-refractivity contribution is 6.35. The Hall–Kier alpha value is -1.56. The topological polar surface area (TPSA) is 64.2 Å². The molecule has 21 heavy (non-hydrogen) atoms. The number of nitrogens with zero attached hydrogens (tertiary/aromatic N) is 3. The van der Waals surface area contributed by atoms with Gasteiger partial charge in [0.1, 0.15) is 5.69 Å². The number of aromatic nitrogens is 2. The number of hydrogen-bond acceptors (Lipinski definition) is 4. The van der Waals surface area contributed by atoms with Gasteiger partial charge < -0.3 is 10.6 Å². The Labute approximate surface area is 133 Å². The first kappa shape index (κ1) is 15.8. The lowest BCUT2D eigenvalue weighted by Gasteiger charge is -2.12. The van der Waals surface area contributed by atoms with Gasteiger partial charge in [-0.2, -0.15) is 5.10 Å². The largest absolute Gasteiger partial charge is 0.398 e. The molecule has 2 aromatic rings. The average Bonchev–Trinajstić information content (AvgIpc) is 2.80. The summed E-state index contributed by atoms with van der Waals surface area (Å²) in [6.45, 7) is 1.32. The first-order valence-corrected chi connectivity index (χ1v) is 7.11. The lowest BCUT2D eigenvalue weighted by atomic mass is 10.1. The molecule has 1 heterocycles. The minimum absolute atomic E-state index is 0.224. The van der Waals surface area contributed by atoms with Gasteiger partial charge in [-0.25, -0.2) is 0 Å². The normalized spacial score (nSPS) is 11.1. The van der Waals surface area contributed by atoms with E-state index in [0.29, 0.717) is 33.5 Å². The molecule has 1 aromatic carbocycles. The Morgan fingerprint density at radius 3 is 2.67 bits per heavy atom. The third-order valence-corrected chi connectivity index (χ3v) is 3.64. The lowest BCUT2D eigenvalue weighted by Crippen LogP contribution is -2.21. The van der Waals surface area contributed by atoms with E-state index < -0.39 is 0 Å². The van der Waals surface area contributed by atoms with E-state index in [1.807, 2.05) is 19.0 Å². The Balaban J connectivity index is 2.34. The van der Waals surface area contributed by atoms with Crippen molar-refractivity contribution < 1.29 is 4.79 Å². The van der Waals surface area contributed by atoms with Crippen molar-refractivity contribution in [1.29, 1.82) is 0 Å². The third kappa shape index (κ3) is 3.56. The van der Waals surface area contributed by atoms with E-state index in [-0.39, 0.29) is 5.78 Å². The molecule has 0 saturated carbocycles. The maximum atomic E-state index is 12.6. The molecule has 0 bridgehead atoms. The van der Waals surface area contributed by atoms with Crippen molar-refractivity contribution in [3.63, 3.8) is 0 Å². The quantitative estimate of drug-likeness (QED) is 0.677. The van der Waals surface area contributed by atoms with Gasteiger partial charge in [0.25, 0.3) is 0 Å². The lowest BCUT2D eigenvalue weighted by molar-refractivity contribution is 0.102. The second-order valence-electron chi connectivity index (χ2n) is 4.93. The number of ketones is 1. The molecule has 0 atom stereocenters. The molecule has 0 fully saturated rings. The van der Waals surface area contributed by atoms with E-state index in [9.17, 15) is 4.79 Å². The molecule has 5 nitrogen and oxygen atoms in total. The van der Waals surface area contributed by atoms with Gasteiger partial charge in [-0.3, -0.25) is 9.48 Å². The number of benzene rings is 1. The van der Waals surface area contributed by atoms with Gasteiger partial charge in [-0.1, -0.05) is 23.2 Å². The van der Waals surface area contributed by atoms with Crippen LogP contribution in [-0.2, 0) is 6.54 Å². The van der Waals surface area contributed by atoms with Crippen molar-refractivity contribution >= 4 is 34.7 Å². The van der Waals surface area contributed by atoms with Crippen LogP contribution in [0.25, 0.3) is 0 Å². The van der Waals surface area contributed by atoms with E-state index in [4.69, 9.17) is 28.9 Å². The minimum Gasteiger partial charge on any atom is -0.398 e. The van der Waals surface area contributed by atoms with E-state index in [1.54, 1.807) is 22.9 Å². The number of nitrogens with two attached hydrogens (primary N) is 1. The Morgan fingerprint density at radius 1 is 1.33 bits per heavy atom. The second-order valence-corrected chi connectivity index (χ2v) is 5.75. The summed E-state index contributed by atoms with van der Waals surface area (Å²) in [7, 11) is 3.90. The fourth-order valence-corrected chi connectivity index (χ4v) is 2.27. The SMILES string of the molecule is CN(C)CCn1ncc(Cl)c1C(=O)c1ccc(N)c(Cl)c1. The molecular formula is C14H16Cl2N4O. The predicted molar refractivity (Wildman–Crippen MR) is 85.1 cm³/mol. The van der Waals surface area contributed by atoms with E-state index in [2.05, 4.69) is 5.10 Å². The summed E-state index contributed by atoms with van der Waals surface area (Å²) in [6.07, 6.45) is 1.48. The minimum atomic E-state index is -0.224. The molecule has 1 aromatic heterocycles. The van der Waals surface area contributed by atoms with Gasteiger partial charge in [0.15, 0.2) is 0 Å². The predicted octanol–water partition coefficient (Wildman–Crippen LogP) is 2.56. The molecule has 7 heteroatoms. The maximum Gasteiger partial charge on any atom is 0.212 e. The van der Waals surface area contributed by atoms with Crippen molar-refractivity contribution in [2.24, 2.45) is 0 Å². The van der Waals surface area contributed by atoms with Gasteiger partial charge in [0.2, 0.25) is 5.78 Å². The van der Waals surface area contributed by atoms with Crippen molar-refractivity contribution in [3.8, 4) is 0 Å². The zero-order valence-corrected chi connectivity index (χ0v) is 13.3. The molecule has 0 aliphatic carbocycles. The number of carbonyl (C=O) groups excluding carboxylic acids is 1. The number of carbonyl (C=O) groups is 1. The number of nitrogen functional groups attached to an aromatic ring is 1. The average molecular weight is 327 g/mol. The van der Waals surface area contributed by atoms with Crippen LogP contribution in [0.15, 0.2) is 24.4 Å². The highest BCUT2D eigenvalue weighted by Crippen LogP contribution is 2.24. The highest BCUT2D eigenvalue weighted by atomic mass is 35.5. The molecule has 2 N–H and O–H groups in total. The smallest absolute Gasteiger partial charge is 0.212 e. The zero-order chi connectivity index (χ0) is 15.6. The van der Waals surface area contributed by atoms with Crippen LogP contribution in [0, 0.1) is 0 Å². The number of likely N-dealkylation sites (N-methyl/N-ethyl adjacent to an activating group) is 1. The second kappa shape index (κ2) is 6.47. The first-order chi connectivity index (χ1) is 9.90. The molecule has 0 aliphatic rings. The van der Waals surface area contributed by atoms with Crippen molar-refractivity contribution in [3.05, 3.63) is 45.7 Å². The molecule has 0 spiro atoms. The fourth-order valence-electron chi connectivity index (χ4n) is 1.86. The van der Waals surface area contributed by atoms with Gasteiger partial charge >= 0.3 is 0 Å². The van der Waals surface area contributed by atoms with Crippen LogP contribution in [0.4, 0.5) is 5.69 Å². The van der Waals surface area contributed by atoms with Gasteiger partial charge in [0.05, 0.1) is 28.5 Å². The summed E-state index contributed by atoms with van der Waals surface area (Å²) in [6, 6.07) is 4.77. The van der Waals surface area contributed by atoms with Gasteiger partial charge in [-0.15, -0.1) is 0 Å². The fraction of sp³-hybridized carbons (Fsp3) is 0.286. The first-order valence-electron chi connectivity index (χ1n) is 6.36. The molecule has 2 rings (SSSR count). The van der Waals surface area contributed by atoms with Crippen LogP contribution in [0.3, 0.4) is 0 Å². The monoisotopic (exact) mass is 326 g/mol. The molecule has 0 unspecified atom stereocenters. The third-order valence-electron chi connectivity index (χ3n) is 3.03. The summed E-state index contributed by atoms with van der Waals surface area (Å²) in [5, 5.41) is 4.82. The number of halogens is 2.